The molecule has 0 saturated carbocycles. The Balaban J connectivity index is 1.48. The zero-order valence-electron chi connectivity index (χ0n) is 14.0. The minimum absolute atomic E-state index is 0.361. The molecule has 1 aromatic carbocycles. The van der Waals surface area contributed by atoms with Crippen molar-refractivity contribution in [1.29, 1.82) is 0 Å². The van der Waals surface area contributed by atoms with Crippen molar-refractivity contribution in [3.63, 3.8) is 0 Å². The van der Waals surface area contributed by atoms with Crippen LogP contribution in [-0.2, 0) is 4.79 Å². The number of benzene rings is 1. The number of rotatable bonds is 3. The van der Waals surface area contributed by atoms with Gasteiger partial charge in [0.25, 0.3) is 11.7 Å². The van der Waals surface area contributed by atoms with Crippen LogP contribution in [0.15, 0.2) is 48.8 Å². The smallest absolute Gasteiger partial charge is 0.295 e. The van der Waals surface area contributed by atoms with Crippen LogP contribution >= 0.6 is 11.6 Å². The molecule has 26 heavy (non-hydrogen) atoms. The molecule has 0 unspecified atom stereocenters. The number of aromatic amines is 1. The third-order valence-corrected chi connectivity index (χ3v) is 4.86. The number of aromatic nitrogens is 2. The minimum Gasteiger partial charge on any atom is -0.360 e. The fourth-order valence-electron chi connectivity index (χ4n) is 3.22. The Morgan fingerprint density at radius 1 is 1.08 bits per heavy atom. The highest BCUT2D eigenvalue weighted by molar-refractivity contribution is 6.45. The predicted octanol–water partition coefficient (Wildman–Crippen LogP) is 2.75. The largest absolute Gasteiger partial charge is 0.360 e. The van der Waals surface area contributed by atoms with Gasteiger partial charge in [0.05, 0.1) is 5.56 Å². The van der Waals surface area contributed by atoms with Gasteiger partial charge in [0.15, 0.2) is 0 Å². The number of halogens is 1. The molecule has 1 saturated heterocycles. The van der Waals surface area contributed by atoms with Crippen molar-refractivity contribution in [2.24, 2.45) is 0 Å². The molecule has 132 valence electrons. The van der Waals surface area contributed by atoms with Gasteiger partial charge in [-0.15, -0.1) is 0 Å². The van der Waals surface area contributed by atoms with E-state index in [9.17, 15) is 9.59 Å². The number of fused-ring (bicyclic) bond motifs is 1. The Morgan fingerprint density at radius 2 is 1.88 bits per heavy atom. The van der Waals surface area contributed by atoms with Crippen LogP contribution in [0.5, 0.6) is 0 Å². The van der Waals surface area contributed by atoms with Crippen LogP contribution in [0.3, 0.4) is 0 Å². The summed E-state index contributed by atoms with van der Waals surface area (Å²) in [5.41, 5.74) is 1.14. The highest BCUT2D eigenvalue weighted by atomic mass is 35.5. The van der Waals surface area contributed by atoms with E-state index in [-0.39, 0.29) is 0 Å². The Bertz CT molecular complexity index is 962. The molecule has 1 N–H and O–H groups in total. The van der Waals surface area contributed by atoms with Crippen molar-refractivity contribution < 1.29 is 9.59 Å². The lowest BCUT2D eigenvalue weighted by atomic mass is 10.1. The second-order valence-electron chi connectivity index (χ2n) is 6.19. The molecule has 0 atom stereocenters. The number of Topliss-reactive ketones (excluding diaryl/α,β-unsaturated/α-hetero) is 1. The van der Waals surface area contributed by atoms with Gasteiger partial charge in [0.1, 0.15) is 5.82 Å². The van der Waals surface area contributed by atoms with Crippen molar-refractivity contribution in [3.8, 4) is 0 Å². The Labute approximate surface area is 155 Å². The van der Waals surface area contributed by atoms with E-state index >= 15 is 0 Å². The number of nitrogens with zero attached hydrogens (tertiary/aromatic N) is 3. The summed E-state index contributed by atoms with van der Waals surface area (Å²) >= 11 is 6.02. The first-order chi connectivity index (χ1) is 12.6. The highest BCUT2D eigenvalue weighted by Gasteiger charge is 2.28. The number of pyridine rings is 1. The molecule has 0 aliphatic carbocycles. The average molecular weight is 369 g/mol. The van der Waals surface area contributed by atoms with Crippen LogP contribution in [0.1, 0.15) is 10.4 Å². The van der Waals surface area contributed by atoms with Gasteiger partial charge in [-0.05, 0) is 30.3 Å². The second-order valence-corrected chi connectivity index (χ2v) is 6.63. The monoisotopic (exact) mass is 368 g/mol. The number of H-pyrrole nitrogens is 1. The third kappa shape index (κ3) is 3.04. The maximum Gasteiger partial charge on any atom is 0.295 e. The summed E-state index contributed by atoms with van der Waals surface area (Å²) in [7, 11) is 0. The molecule has 1 fully saturated rings. The zero-order chi connectivity index (χ0) is 18.1. The Kier molecular flexibility index (Phi) is 4.34. The second kappa shape index (κ2) is 6.80. The molecule has 2 aromatic heterocycles. The molecule has 0 spiro atoms. The molecule has 7 heteroatoms. The normalized spacial score (nSPS) is 14.7. The molecule has 1 aliphatic rings. The molecule has 3 heterocycles. The van der Waals surface area contributed by atoms with Crippen molar-refractivity contribution in [3.05, 3.63) is 59.4 Å². The van der Waals surface area contributed by atoms with Gasteiger partial charge in [0, 0.05) is 54.5 Å². The summed E-state index contributed by atoms with van der Waals surface area (Å²) < 4.78 is 0. The van der Waals surface area contributed by atoms with Crippen LogP contribution in [0.2, 0.25) is 5.02 Å². The van der Waals surface area contributed by atoms with E-state index in [2.05, 4.69) is 14.9 Å². The lowest BCUT2D eigenvalue weighted by Crippen LogP contribution is -2.50. The molecule has 4 rings (SSSR count). The number of hydrogen-bond acceptors (Lipinski definition) is 4. The topological polar surface area (TPSA) is 69.3 Å². The van der Waals surface area contributed by atoms with E-state index in [1.807, 2.05) is 18.2 Å². The van der Waals surface area contributed by atoms with Crippen LogP contribution in [-0.4, -0.2) is 52.7 Å². The van der Waals surface area contributed by atoms with Gasteiger partial charge in [-0.2, -0.15) is 0 Å². The summed E-state index contributed by atoms with van der Waals surface area (Å²) in [6.45, 7) is 2.28. The average Bonchev–Trinajstić information content (AvgIpc) is 3.10. The van der Waals surface area contributed by atoms with Crippen molar-refractivity contribution in [2.75, 3.05) is 31.1 Å². The molecular weight excluding hydrogens is 352 g/mol. The van der Waals surface area contributed by atoms with Crippen LogP contribution in [0.25, 0.3) is 10.9 Å². The minimum atomic E-state index is -0.509. The zero-order valence-corrected chi connectivity index (χ0v) is 14.7. The van der Waals surface area contributed by atoms with Crippen molar-refractivity contribution in [1.82, 2.24) is 14.9 Å². The first-order valence-electron chi connectivity index (χ1n) is 8.40. The van der Waals surface area contributed by atoms with Crippen LogP contribution in [0, 0.1) is 0 Å². The standard InChI is InChI=1S/C19H17ClN4O2/c20-13-4-5-16-14(11-13)15(12-22-16)18(25)19(26)24-9-7-23(8-10-24)17-3-1-2-6-21-17/h1-6,11-12,22H,7-10H2. The summed E-state index contributed by atoms with van der Waals surface area (Å²) in [5.74, 6) is -0.103. The molecule has 0 radical (unpaired) electrons. The summed E-state index contributed by atoms with van der Waals surface area (Å²) in [4.78, 5) is 36.4. The summed E-state index contributed by atoms with van der Waals surface area (Å²) in [6, 6.07) is 11.0. The number of nitrogens with one attached hydrogen (secondary N) is 1. The lowest BCUT2D eigenvalue weighted by Gasteiger charge is -2.35. The fourth-order valence-corrected chi connectivity index (χ4v) is 3.39. The summed E-state index contributed by atoms with van der Waals surface area (Å²) in [6.07, 6.45) is 3.32. The fraction of sp³-hybridized carbons (Fsp3) is 0.211. The molecule has 0 bridgehead atoms. The van der Waals surface area contributed by atoms with E-state index < -0.39 is 11.7 Å². The Morgan fingerprint density at radius 3 is 2.62 bits per heavy atom. The number of carbonyl (C=O) groups excluding carboxylic acids is 2. The number of ketones is 1. The summed E-state index contributed by atoms with van der Waals surface area (Å²) in [5, 5.41) is 1.20. The van der Waals surface area contributed by atoms with Gasteiger partial charge in [0.2, 0.25) is 0 Å². The lowest BCUT2D eigenvalue weighted by molar-refractivity contribution is -0.126. The van der Waals surface area contributed by atoms with Gasteiger partial charge in [-0.3, -0.25) is 9.59 Å². The van der Waals surface area contributed by atoms with E-state index in [0.717, 1.165) is 11.3 Å². The number of amides is 1. The molecule has 6 nitrogen and oxygen atoms in total. The molecule has 1 amide bonds. The quantitative estimate of drug-likeness (QED) is 0.570. The molecule has 3 aromatic rings. The first-order valence-corrected chi connectivity index (χ1v) is 8.77. The van der Waals surface area contributed by atoms with Gasteiger partial charge in [-0.1, -0.05) is 17.7 Å². The van der Waals surface area contributed by atoms with Crippen LogP contribution in [0.4, 0.5) is 5.82 Å². The van der Waals surface area contributed by atoms with Gasteiger partial charge < -0.3 is 14.8 Å². The maximum atomic E-state index is 12.7. The first kappa shape index (κ1) is 16.6. The number of anilines is 1. The Hall–Kier alpha value is -2.86. The van der Waals surface area contributed by atoms with Crippen LogP contribution < -0.4 is 4.90 Å². The van der Waals surface area contributed by atoms with E-state index in [1.165, 1.54) is 0 Å². The number of carbonyl (C=O) groups is 2. The van der Waals surface area contributed by atoms with Crippen molar-refractivity contribution in [2.45, 2.75) is 0 Å². The van der Waals surface area contributed by atoms with Crippen molar-refractivity contribution >= 4 is 40.0 Å². The van der Waals surface area contributed by atoms with Gasteiger partial charge in [-0.25, -0.2) is 4.98 Å². The number of piperazine rings is 1. The van der Waals surface area contributed by atoms with Gasteiger partial charge >= 0.3 is 0 Å². The van der Waals surface area contributed by atoms with E-state index in [0.29, 0.717) is 42.2 Å². The predicted molar refractivity (Wildman–Crippen MR) is 101 cm³/mol. The third-order valence-electron chi connectivity index (χ3n) is 4.62. The maximum absolute atomic E-state index is 12.7. The highest BCUT2D eigenvalue weighted by Crippen LogP contribution is 2.23. The molecular formula is C19H17ClN4O2. The van der Waals surface area contributed by atoms with E-state index in [4.69, 9.17) is 11.6 Å². The van der Waals surface area contributed by atoms with E-state index in [1.54, 1.807) is 35.5 Å². The SMILES string of the molecule is O=C(C(=O)N1CCN(c2ccccn2)CC1)c1c[nH]c2ccc(Cl)cc12. The molecule has 1 aliphatic heterocycles. The number of hydrogen-bond donors (Lipinski definition) is 1.